The number of halogens is 1. The molecule has 0 radical (unpaired) electrons. The number of hydrogen-bond acceptors (Lipinski definition) is 1. The van der Waals surface area contributed by atoms with Crippen molar-refractivity contribution in [3.05, 3.63) is 33.3 Å². The summed E-state index contributed by atoms with van der Waals surface area (Å²) in [5, 5.41) is 0. The Labute approximate surface area is 118 Å². The molecule has 1 nitrogen and oxygen atoms in total. The van der Waals surface area contributed by atoms with E-state index in [1.807, 2.05) is 0 Å². The van der Waals surface area contributed by atoms with Gasteiger partial charge in [-0.15, -0.1) is 0 Å². The summed E-state index contributed by atoms with van der Waals surface area (Å²) in [6.07, 6.45) is 10.4. The first-order valence-corrected chi connectivity index (χ1v) is 8.06. The minimum atomic E-state index is 0.262. The van der Waals surface area contributed by atoms with Crippen molar-refractivity contribution in [2.45, 2.75) is 56.8 Å². The van der Waals surface area contributed by atoms with Gasteiger partial charge in [0.05, 0.1) is 0 Å². The van der Waals surface area contributed by atoms with E-state index < -0.39 is 0 Å². The summed E-state index contributed by atoms with van der Waals surface area (Å²) in [5.74, 6) is 0. The van der Waals surface area contributed by atoms with Crippen molar-refractivity contribution >= 4 is 15.9 Å². The number of hydrogen-bond donors (Lipinski definition) is 1. The second-order valence-corrected chi connectivity index (χ2v) is 6.85. The molecular weight excluding hydrogens is 286 g/mol. The second kappa shape index (κ2) is 4.97. The highest BCUT2D eigenvalue weighted by molar-refractivity contribution is 9.10. The zero-order chi connectivity index (χ0) is 12.6. The van der Waals surface area contributed by atoms with Crippen LogP contribution in [-0.4, -0.2) is 6.54 Å². The minimum absolute atomic E-state index is 0.262. The zero-order valence-corrected chi connectivity index (χ0v) is 12.6. The molecule has 2 heteroatoms. The molecule has 0 aliphatic heterocycles. The summed E-state index contributed by atoms with van der Waals surface area (Å²) in [4.78, 5) is 0. The molecule has 0 heterocycles. The van der Waals surface area contributed by atoms with Crippen LogP contribution in [0.4, 0.5) is 0 Å². The molecular formula is C16H22BrN. The van der Waals surface area contributed by atoms with Crippen LogP contribution >= 0.6 is 15.9 Å². The number of fused-ring (bicyclic) bond motifs is 1. The van der Waals surface area contributed by atoms with Crippen LogP contribution in [0.2, 0.25) is 0 Å². The first kappa shape index (κ1) is 12.7. The van der Waals surface area contributed by atoms with Gasteiger partial charge in [0.1, 0.15) is 0 Å². The molecule has 1 aromatic carbocycles. The lowest BCUT2D eigenvalue weighted by Crippen LogP contribution is -2.37. The average Bonchev–Trinajstić information content (AvgIpc) is 2.88. The monoisotopic (exact) mass is 307 g/mol. The van der Waals surface area contributed by atoms with Gasteiger partial charge >= 0.3 is 0 Å². The van der Waals surface area contributed by atoms with E-state index in [0.717, 1.165) is 6.54 Å². The SMILES string of the molecule is NCC1(c2cc(Br)c3c(c2)CCC3)CCCCC1. The maximum Gasteiger partial charge on any atom is 0.0213 e. The first-order chi connectivity index (χ1) is 8.75. The predicted molar refractivity (Wildman–Crippen MR) is 80.0 cm³/mol. The molecule has 1 aromatic rings. The molecule has 1 fully saturated rings. The molecule has 2 aliphatic carbocycles. The highest BCUT2D eigenvalue weighted by Crippen LogP contribution is 2.42. The lowest BCUT2D eigenvalue weighted by molar-refractivity contribution is 0.300. The van der Waals surface area contributed by atoms with Gasteiger partial charge in [-0.1, -0.05) is 41.3 Å². The van der Waals surface area contributed by atoms with E-state index >= 15 is 0 Å². The van der Waals surface area contributed by atoms with E-state index in [1.54, 1.807) is 11.1 Å². The standard InChI is InChI=1S/C16H22BrN/c17-15-10-13(9-12-5-4-6-14(12)15)16(11-18)7-2-1-3-8-16/h9-10H,1-8,11,18H2. The molecule has 0 saturated heterocycles. The number of nitrogens with two attached hydrogens (primary N) is 1. The Morgan fingerprint density at radius 1 is 1.06 bits per heavy atom. The topological polar surface area (TPSA) is 26.0 Å². The molecule has 1 saturated carbocycles. The van der Waals surface area contributed by atoms with Gasteiger partial charge in [-0.2, -0.15) is 0 Å². The summed E-state index contributed by atoms with van der Waals surface area (Å²) in [7, 11) is 0. The first-order valence-electron chi connectivity index (χ1n) is 7.27. The van der Waals surface area contributed by atoms with Crippen LogP contribution in [0.3, 0.4) is 0 Å². The van der Waals surface area contributed by atoms with Gasteiger partial charge in [0.15, 0.2) is 0 Å². The molecule has 98 valence electrons. The molecule has 2 aliphatic rings. The zero-order valence-electron chi connectivity index (χ0n) is 11.0. The van der Waals surface area contributed by atoms with Gasteiger partial charge in [-0.05, 0) is 54.9 Å². The Balaban J connectivity index is 2.02. The van der Waals surface area contributed by atoms with E-state index in [2.05, 4.69) is 28.1 Å². The van der Waals surface area contributed by atoms with Crippen molar-refractivity contribution in [2.75, 3.05) is 6.54 Å². The van der Waals surface area contributed by atoms with Crippen LogP contribution < -0.4 is 5.73 Å². The molecule has 0 bridgehead atoms. The number of aryl methyl sites for hydroxylation is 1. The van der Waals surface area contributed by atoms with Gasteiger partial charge in [-0.3, -0.25) is 0 Å². The van der Waals surface area contributed by atoms with E-state index in [9.17, 15) is 0 Å². The van der Waals surface area contributed by atoms with Crippen LogP contribution in [0, 0.1) is 0 Å². The fourth-order valence-electron chi connectivity index (χ4n) is 3.80. The Kier molecular flexibility index (Phi) is 3.50. The van der Waals surface area contributed by atoms with E-state index in [0.29, 0.717) is 0 Å². The summed E-state index contributed by atoms with van der Waals surface area (Å²) in [6.45, 7) is 0.804. The van der Waals surface area contributed by atoms with Crippen molar-refractivity contribution in [2.24, 2.45) is 5.73 Å². The highest BCUT2D eigenvalue weighted by atomic mass is 79.9. The van der Waals surface area contributed by atoms with Crippen LogP contribution in [0.1, 0.15) is 55.2 Å². The van der Waals surface area contributed by atoms with Crippen molar-refractivity contribution in [1.29, 1.82) is 0 Å². The maximum absolute atomic E-state index is 6.15. The van der Waals surface area contributed by atoms with Crippen LogP contribution in [0.5, 0.6) is 0 Å². The Morgan fingerprint density at radius 3 is 2.56 bits per heavy atom. The highest BCUT2D eigenvalue weighted by Gasteiger charge is 2.33. The van der Waals surface area contributed by atoms with Crippen molar-refractivity contribution in [3.63, 3.8) is 0 Å². The molecule has 0 amide bonds. The van der Waals surface area contributed by atoms with Crippen LogP contribution in [-0.2, 0) is 18.3 Å². The van der Waals surface area contributed by atoms with Crippen LogP contribution in [0.15, 0.2) is 16.6 Å². The summed E-state index contributed by atoms with van der Waals surface area (Å²) in [6, 6.07) is 4.83. The third kappa shape index (κ3) is 2.04. The van der Waals surface area contributed by atoms with Gasteiger partial charge < -0.3 is 5.73 Å². The maximum atomic E-state index is 6.15. The molecule has 0 unspecified atom stereocenters. The lowest BCUT2D eigenvalue weighted by Gasteiger charge is -2.37. The van der Waals surface area contributed by atoms with Gasteiger partial charge in [0.25, 0.3) is 0 Å². The molecule has 2 N–H and O–H groups in total. The van der Waals surface area contributed by atoms with Crippen molar-refractivity contribution < 1.29 is 0 Å². The Bertz CT molecular complexity index is 447. The number of rotatable bonds is 2. The minimum Gasteiger partial charge on any atom is -0.330 e. The third-order valence-electron chi connectivity index (χ3n) is 4.97. The largest absolute Gasteiger partial charge is 0.330 e. The van der Waals surface area contributed by atoms with Crippen LogP contribution in [0.25, 0.3) is 0 Å². The summed E-state index contributed by atoms with van der Waals surface area (Å²) in [5.41, 5.74) is 11.0. The molecule has 0 atom stereocenters. The van der Waals surface area contributed by atoms with E-state index in [1.165, 1.54) is 61.4 Å². The summed E-state index contributed by atoms with van der Waals surface area (Å²) >= 11 is 3.78. The van der Waals surface area contributed by atoms with E-state index in [4.69, 9.17) is 5.73 Å². The van der Waals surface area contributed by atoms with Crippen molar-refractivity contribution in [3.8, 4) is 0 Å². The van der Waals surface area contributed by atoms with E-state index in [-0.39, 0.29) is 5.41 Å². The van der Waals surface area contributed by atoms with Crippen molar-refractivity contribution in [1.82, 2.24) is 0 Å². The Hall–Kier alpha value is -0.340. The quantitative estimate of drug-likeness (QED) is 0.874. The van der Waals surface area contributed by atoms with Gasteiger partial charge in [0.2, 0.25) is 0 Å². The average molecular weight is 308 g/mol. The molecule has 0 spiro atoms. The fraction of sp³-hybridized carbons (Fsp3) is 0.625. The second-order valence-electron chi connectivity index (χ2n) is 5.99. The number of benzene rings is 1. The predicted octanol–water partition coefficient (Wildman–Crippen LogP) is 4.10. The molecule has 0 aromatic heterocycles. The van der Waals surface area contributed by atoms with Gasteiger partial charge in [-0.25, -0.2) is 0 Å². The molecule has 18 heavy (non-hydrogen) atoms. The van der Waals surface area contributed by atoms with Gasteiger partial charge in [0, 0.05) is 16.4 Å². The smallest absolute Gasteiger partial charge is 0.0213 e. The fourth-order valence-corrected chi connectivity index (χ4v) is 4.50. The third-order valence-corrected chi connectivity index (χ3v) is 5.68. The normalized spacial score (nSPS) is 21.9. The lowest BCUT2D eigenvalue weighted by atomic mass is 9.69. The summed E-state index contributed by atoms with van der Waals surface area (Å²) < 4.78 is 1.32. The Morgan fingerprint density at radius 2 is 1.83 bits per heavy atom. The molecule has 3 rings (SSSR count).